The highest BCUT2D eigenvalue weighted by Gasteiger charge is 2.12. The summed E-state index contributed by atoms with van der Waals surface area (Å²) in [7, 11) is -2.49. The average molecular weight is 243 g/mol. The van der Waals surface area contributed by atoms with Crippen molar-refractivity contribution in [3.8, 4) is 0 Å². The summed E-state index contributed by atoms with van der Waals surface area (Å²) >= 11 is 0. The van der Waals surface area contributed by atoms with E-state index in [1.165, 1.54) is 12.8 Å². The smallest absolute Gasteiger partial charge is 0.133 e. The van der Waals surface area contributed by atoms with E-state index in [9.17, 15) is 4.57 Å². The van der Waals surface area contributed by atoms with Crippen molar-refractivity contribution in [1.82, 2.24) is 0 Å². The van der Waals surface area contributed by atoms with E-state index in [2.05, 4.69) is 18.4 Å². The molecule has 3 nitrogen and oxygen atoms in total. The highest BCUT2D eigenvalue weighted by Crippen LogP contribution is 2.19. The van der Waals surface area contributed by atoms with Crippen LogP contribution in [-0.2, 0) is 15.7 Å². The largest absolute Gasteiger partial charge is 0.695 e. The molecule has 0 saturated carbocycles. The highest BCUT2D eigenvalue weighted by molar-refractivity contribution is 7.32. The predicted molar refractivity (Wildman–Crippen MR) is 66.4 cm³/mol. The summed E-state index contributed by atoms with van der Waals surface area (Å²) in [5.41, 5.74) is 2.00. The molecule has 1 aromatic rings. The van der Waals surface area contributed by atoms with Crippen molar-refractivity contribution in [2.24, 2.45) is 0 Å². The molecule has 0 aliphatic carbocycles. The van der Waals surface area contributed by atoms with Gasteiger partial charge >= 0.3 is 8.25 Å². The number of unbranched alkanes of at least 4 members (excludes halogenated alkanes) is 1. The number of hydrogen-bond acceptors (Lipinski definition) is 2. The molecule has 0 amide bonds. The van der Waals surface area contributed by atoms with Gasteiger partial charge in [0.2, 0.25) is 0 Å². The van der Waals surface area contributed by atoms with Crippen molar-refractivity contribution in [2.75, 3.05) is 0 Å². The van der Waals surface area contributed by atoms with E-state index in [0.717, 1.165) is 11.1 Å². The Morgan fingerprint density at radius 2 is 1.81 bits per heavy atom. The molecule has 0 aromatic heterocycles. The van der Waals surface area contributed by atoms with Crippen molar-refractivity contribution in [2.45, 2.75) is 40.2 Å². The van der Waals surface area contributed by atoms with Crippen LogP contribution in [0.5, 0.6) is 0 Å². The summed E-state index contributed by atoms with van der Waals surface area (Å²) < 4.78 is 14.8. The van der Waals surface area contributed by atoms with Crippen LogP contribution in [0.15, 0.2) is 24.3 Å². The van der Waals surface area contributed by atoms with E-state index in [0.29, 0.717) is 0 Å². The Kier molecular flexibility index (Phi) is 9.02. The first-order chi connectivity index (χ1) is 7.61. The molecule has 0 aliphatic rings. The van der Waals surface area contributed by atoms with Crippen LogP contribution in [0.25, 0.3) is 0 Å². The zero-order chi connectivity index (χ0) is 12.4. The summed E-state index contributed by atoms with van der Waals surface area (Å²) in [4.78, 5) is 8.39. The quantitative estimate of drug-likeness (QED) is 0.814. The van der Waals surface area contributed by atoms with E-state index in [1.54, 1.807) is 0 Å². The summed E-state index contributed by atoms with van der Waals surface area (Å²) in [6.45, 7) is 6.49. The Labute approximate surface area is 98.4 Å². The van der Waals surface area contributed by atoms with Gasteiger partial charge in [-0.05, 0) is 18.1 Å². The van der Waals surface area contributed by atoms with Gasteiger partial charge in [0, 0.05) is 4.57 Å². The lowest BCUT2D eigenvalue weighted by atomic mass is 10.1. The maximum Gasteiger partial charge on any atom is 0.695 e. The third kappa shape index (κ3) is 7.52. The molecule has 1 atom stereocenters. The molecule has 1 unspecified atom stereocenters. The van der Waals surface area contributed by atoms with Gasteiger partial charge in [-0.25, -0.2) is 0 Å². The minimum absolute atomic E-state index is 0.193. The molecule has 0 radical (unpaired) electrons. The average Bonchev–Trinajstić information content (AvgIpc) is 2.28. The van der Waals surface area contributed by atoms with Gasteiger partial charge in [-0.1, -0.05) is 51.0 Å². The number of rotatable bonds is 4. The molecule has 0 fully saturated rings. The van der Waals surface area contributed by atoms with Gasteiger partial charge in [0.05, 0.1) is 0 Å². The van der Waals surface area contributed by atoms with Crippen LogP contribution in [0.3, 0.4) is 0 Å². The number of benzene rings is 1. The fraction of sp³-hybridized carbons (Fsp3) is 0.500. The first-order valence-corrected chi connectivity index (χ1v) is 6.58. The molecule has 4 heteroatoms. The monoisotopic (exact) mass is 243 g/mol. The van der Waals surface area contributed by atoms with Gasteiger partial charge in [0.1, 0.15) is 6.61 Å². The molecular formula is C12H20O3P+. The van der Waals surface area contributed by atoms with Gasteiger partial charge in [0.25, 0.3) is 0 Å². The second-order valence-corrected chi connectivity index (χ2v) is 4.17. The number of hydrogen-bond donors (Lipinski definition) is 1. The van der Waals surface area contributed by atoms with Crippen LogP contribution in [0.2, 0.25) is 0 Å². The van der Waals surface area contributed by atoms with Crippen LogP contribution in [0.4, 0.5) is 0 Å². The van der Waals surface area contributed by atoms with Crippen LogP contribution in [0.1, 0.15) is 37.8 Å². The van der Waals surface area contributed by atoms with E-state index in [1.807, 2.05) is 31.2 Å². The number of aryl methyl sites for hydroxylation is 1. The molecule has 0 spiro atoms. The maximum atomic E-state index is 10.2. The Morgan fingerprint density at radius 1 is 1.25 bits per heavy atom. The van der Waals surface area contributed by atoms with Crippen molar-refractivity contribution in [3.05, 3.63) is 35.4 Å². The van der Waals surface area contributed by atoms with E-state index in [-0.39, 0.29) is 6.61 Å². The standard InChI is InChI=1S/C8H9O3P.C4H10/c1-7-4-2-3-5-8(7)6-11-12(9)10;1-3-4-2/h2-5H,6H2,1H3;3-4H2,1-2H3/p+1. The minimum atomic E-state index is -2.49. The zero-order valence-corrected chi connectivity index (χ0v) is 11.0. The predicted octanol–water partition coefficient (Wildman–Crippen LogP) is 3.97. The Hall–Kier alpha value is -0.760. The summed E-state index contributed by atoms with van der Waals surface area (Å²) in [6, 6.07) is 7.59. The first kappa shape index (κ1) is 15.2. The summed E-state index contributed by atoms with van der Waals surface area (Å²) in [5, 5.41) is 0. The summed E-state index contributed by atoms with van der Waals surface area (Å²) in [5.74, 6) is 0. The van der Waals surface area contributed by atoms with Crippen LogP contribution < -0.4 is 0 Å². The van der Waals surface area contributed by atoms with Gasteiger partial charge in [-0.15, -0.1) is 9.42 Å². The molecule has 1 N–H and O–H groups in total. The maximum absolute atomic E-state index is 10.2. The van der Waals surface area contributed by atoms with Gasteiger partial charge in [-0.2, -0.15) is 0 Å². The normalized spacial score (nSPS) is 10.4. The highest BCUT2D eigenvalue weighted by atomic mass is 31.1. The Bertz CT molecular complexity index is 311. The fourth-order valence-corrected chi connectivity index (χ4v) is 1.15. The van der Waals surface area contributed by atoms with Crippen molar-refractivity contribution >= 4 is 8.25 Å². The van der Waals surface area contributed by atoms with Gasteiger partial charge in [0.15, 0.2) is 0 Å². The third-order valence-corrected chi connectivity index (χ3v) is 2.44. The van der Waals surface area contributed by atoms with E-state index >= 15 is 0 Å². The Balaban J connectivity index is 0.000000487. The van der Waals surface area contributed by atoms with Gasteiger partial charge in [-0.3, -0.25) is 0 Å². The molecule has 0 aliphatic heterocycles. The van der Waals surface area contributed by atoms with E-state index < -0.39 is 8.25 Å². The SMILES string of the molecule is CCCC.Cc1ccccc1CO[P+](=O)O. The lowest BCUT2D eigenvalue weighted by molar-refractivity contribution is 0.272. The third-order valence-electron chi connectivity index (χ3n) is 2.09. The zero-order valence-electron chi connectivity index (χ0n) is 10.1. The molecule has 1 rings (SSSR count). The minimum Gasteiger partial charge on any atom is -0.133 e. The second kappa shape index (κ2) is 9.46. The second-order valence-electron chi connectivity index (χ2n) is 3.44. The molecule has 0 bridgehead atoms. The lowest BCUT2D eigenvalue weighted by Gasteiger charge is -1.98. The molecule has 90 valence electrons. The van der Waals surface area contributed by atoms with Crippen molar-refractivity contribution in [3.63, 3.8) is 0 Å². The molecule has 16 heavy (non-hydrogen) atoms. The van der Waals surface area contributed by atoms with Crippen LogP contribution in [-0.4, -0.2) is 4.89 Å². The van der Waals surface area contributed by atoms with Crippen molar-refractivity contribution < 1.29 is 14.0 Å². The first-order valence-electron chi connectivity index (χ1n) is 5.45. The summed E-state index contributed by atoms with van der Waals surface area (Å²) in [6.07, 6.45) is 2.64. The van der Waals surface area contributed by atoms with Crippen LogP contribution in [0, 0.1) is 6.92 Å². The molecule has 0 saturated heterocycles. The topological polar surface area (TPSA) is 46.5 Å². The molecule has 1 aromatic carbocycles. The molecular weight excluding hydrogens is 223 g/mol. The van der Waals surface area contributed by atoms with Crippen LogP contribution >= 0.6 is 8.25 Å². The van der Waals surface area contributed by atoms with Crippen molar-refractivity contribution in [1.29, 1.82) is 0 Å². The molecule has 0 heterocycles. The van der Waals surface area contributed by atoms with E-state index in [4.69, 9.17) is 4.89 Å². The van der Waals surface area contributed by atoms with Gasteiger partial charge < -0.3 is 0 Å². The lowest BCUT2D eigenvalue weighted by Crippen LogP contribution is -1.88. The Morgan fingerprint density at radius 3 is 2.25 bits per heavy atom. The fourth-order valence-electron chi connectivity index (χ4n) is 0.897.